The minimum absolute atomic E-state index is 0.140. The van der Waals surface area contributed by atoms with Crippen molar-refractivity contribution in [2.24, 2.45) is 12.5 Å². The highest BCUT2D eigenvalue weighted by molar-refractivity contribution is 5.86. The highest BCUT2D eigenvalue weighted by Crippen LogP contribution is 2.43. The molecule has 1 saturated heterocycles. The Balaban J connectivity index is 1.72. The van der Waals surface area contributed by atoms with E-state index in [1.807, 2.05) is 7.05 Å². The summed E-state index contributed by atoms with van der Waals surface area (Å²) in [6, 6.07) is 10.7. The average Bonchev–Trinajstić information content (AvgIpc) is 3.09. The van der Waals surface area contributed by atoms with Crippen molar-refractivity contribution >= 4 is 22.8 Å². The topological polar surface area (TPSA) is 72.9 Å². The number of hydrogen-bond acceptors (Lipinski definition) is 5. The number of nitrogen functional groups attached to an aromatic ring is 1. The summed E-state index contributed by atoms with van der Waals surface area (Å²) in [5.74, 6) is 1.62. The maximum absolute atomic E-state index is 6.12. The summed E-state index contributed by atoms with van der Waals surface area (Å²) in [6.45, 7) is 6.39. The molecule has 1 aliphatic heterocycles. The molecule has 0 bridgehead atoms. The van der Waals surface area contributed by atoms with Crippen LogP contribution in [0.1, 0.15) is 25.3 Å². The van der Waals surface area contributed by atoms with E-state index in [1.165, 1.54) is 5.56 Å². The second-order valence-electron chi connectivity index (χ2n) is 7.25. The maximum atomic E-state index is 6.12. The van der Waals surface area contributed by atoms with Crippen molar-refractivity contribution < 1.29 is 0 Å². The van der Waals surface area contributed by atoms with Crippen LogP contribution in [0.5, 0.6) is 0 Å². The molecule has 6 heteroatoms. The van der Waals surface area contributed by atoms with Gasteiger partial charge in [0.15, 0.2) is 5.65 Å². The molecule has 0 radical (unpaired) electrons. The zero-order valence-corrected chi connectivity index (χ0v) is 14.3. The fourth-order valence-electron chi connectivity index (χ4n) is 3.70. The quantitative estimate of drug-likeness (QED) is 0.785. The van der Waals surface area contributed by atoms with Gasteiger partial charge >= 0.3 is 0 Å². The van der Waals surface area contributed by atoms with Gasteiger partial charge in [0.05, 0.1) is 11.6 Å². The van der Waals surface area contributed by atoms with Crippen LogP contribution >= 0.6 is 0 Å². The number of aromatic nitrogens is 4. The third kappa shape index (κ3) is 2.29. The molecule has 1 aromatic carbocycles. The summed E-state index contributed by atoms with van der Waals surface area (Å²) in [5.41, 5.74) is 8.40. The number of benzene rings is 1. The number of nitrogens with two attached hydrogens (primary N) is 1. The van der Waals surface area contributed by atoms with Gasteiger partial charge in [0.25, 0.3) is 0 Å². The van der Waals surface area contributed by atoms with Crippen LogP contribution in [0, 0.1) is 5.41 Å². The lowest BCUT2D eigenvalue weighted by atomic mass is 9.78. The molecule has 24 heavy (non-hydrogen) atoms. The number of nitrogens with zero attached hydrogens (tertiary/aromatic N) is 5. The van der Waals surface area contributed by atoms with Crippen molar-refractivity contribution in [2.45, 2.75) is 19.8 Å². The predicted molar refractivity (Wildman–Crippen MR) is 95.9 cm³/mol. The van der Waals surface area contributed by atoms with E-state index in [1.54, 1.807) is 10.9 Å². The Bertz CT molecular complexity index is 883. The van der Waals surface area contributed by atoms with E-state index in [9.17, 15) is 0 Å². The first kappa shape index (κ1) is 14.9. The summed E-state index contributed by atoms with van der Waals surface area (Å²) < 4.78 is 1.74. The first-order chi connectivity index (χ1) is 11.5. The Morgan fingerprint density at radius 2 is 1.92 bits per heavy atom. The van der Waals surface area contributed by atoms with Gasteiger partial charge in [-0.1, -0.05) is 44.2 Å². The van der Waals surface area contributed by atoms with Crippen LogP contribution in [0.3, 0.4) is 0 Å². The Morgan fingerprint density at radius 1 is 1.17 bits per heavy atom. The van der Waals surface area contributed by atoms with Crippen LogP contribution < -0.4 is 10.6 Å². The molecule has 0 amide bonds. The molecule has 1 aliphatic rings. The molecule has 0 spiro atoms. The number of anilines is 2. The zero-order chi connectivity index (χ0) is 16.9. The molecule has 1 fully saturated rings. The maximum Gasteiger partial charge on any atom is 0.229 e. The Labute approximate surface area is 141 Å². The minimum atomic E-state index is 0.140. The number of hydrogen-bond donors (Lipinski definition) is 1. The van der Waals surface area contributed by atoms with Gasteiger partial charge < -0.3 is 10.6 Å². The van der Waals surface area contributed by atoms with Crippen molar-refractivity contribution in [3.05, 3.63) is 42.1 Å². The normalized spacial score (nSPS) is 20.0. The lowest BCUT2D eigenvalue weighted by Gasteiger charge is -2.25. The van der Waals surface area contributed by atoms with Gasteiger partial charge in [-0.15, -0.1) is 0 Å². The van der Waals surface area contributed by atoms with Gasteiger partial charge in [-0.05, 0) is 11.0 Å². The SMILES string of the molecule is Cn1ncc2c(N)nc(N3C[C@@H](c4ccccc4)C(C)(C)C3)nc21. The number of aryl methyl sites for hydroxylation is 1. The summed E-state index contributed by atoms with van der Waals surface area (Å²) in [7, 11) is 1.87. The third-order valence-corrected chi connectivity index (χ3v) is 5.04. The van der Waals surface area contributed by atoms with E-state index >= 15 is 0 Å². The van der Waals surface area contributed by atoms with Crippen molar-refractivity contribution in [2.75, 3.05) is 23.7 Å². The monoisotopic (exact) mass is 322 g/mol. The number of rotatable bonds is 2. The highest BCUT2D eigenvalue weighted by Gasteiger charge is 2.41. The molecule has 0 saturated carbocycles. The molecule has 3 aromatic rings. The van der Waals surface area contributed by atoms with Gasteiger partial charge in [-0.3, -0.25) is 4.68 Å². The van der Waals surface area contributed by atoms with Gasteiger partial charge in [0.2, 0.25) is 5.95 Å². The van der Waals surface area contributed by atoms with Crippen LogP contribution in [0.15, 0.2) is 36.5 Å². The predicted octanol–water partition coefficient (Wildman–Crippen LogP) is 2.58. The molecule has 4 rings (SSSR count). The van der Waals surface area contributed by atoms with E-state index in [0.29, 0.717) is 17.7 Å². The fourth-order valence-corrected chi connectivity index (χ4v) is 3.70. The molecular formula is C18H22N6. The smallest absolute Gasteiger partial charge is 0.229 e. The fraction of sp³-hybridized carbons (Fsp3) is 0.389. The van der Waals surface area contributed by atoms with Crippen LogP contribution in [-0.2, 0) is 7.05 Å². The summed E-state index contributed by atoms with van der Waals surface area (Å²) in [6.07, 6.45) is 1.72. The van der Waals surface area contributed by atoms with Gasteiger partial charge in [0.1, 0.15) is 5.82 Å². The van der Waals surface area contributed by atoms with E-state index in [0.717, 1.165) is 24.1 Å². The highest BCUT2D eigenvalue weighted by atomic mass is 15.3. The lowest BCUT2D eigenvalue weighted by molar-refractivity contribution is 0.365. The third-order valence-electron chi connectivity index (χ3n) is 5.04. The minimum Gasteiger partial charge on any atom is -0.383 e. The molecule has 2 aromatic heterocycles. The van der Waals surface area contributed by atoms with E-state index < -0.39 is 0 Å². The average molecular weight is 322 g/mol. The molecule has 0 unspecified atom stereocenters. The molecule has 6 nitrogen and oxygen atoms in total. The second-order valence-corrected chi connectivity index (χ2v) is 7.25. The molecule has 124 valence electrons. The summed E-state index contributed by atoms with van der Waals surface area (Å²) >= 11 is 0. The molecular weight excluding hydrogens is 300 g/mol. The molecule has 2 N–H and O–H groups in total. The molecule has 3 heterocycles. The van der Waals surface area contributed by atoms with Crippen LogP contribution in [0.4, 0.5) is 11.8 Å². The first-order valence-corrected chi connectivity index (χ1v) is 8.21. The van der Waals surface area contributed by atoms with Crippen molar-refractivity contribution in [3.63, 3.8) is 0 Å². The van der Waals surface area contributed by atoms with E-state index in [4.69, 9.17) is 10.7 Å². The van der Waals surface area contributed by atoms with Crippen molar-refractivity contribution in [1.82, 2.24) is 19.7 Å². The Hall–Kier alpha value is -2.63. The van der Waals surface area contributed by atoms with Crippen LogP contribution in [0.25, 0.3) is 11.0 Å². The molecule has 0 aliphatic carbocycles. The lowest BCUT2D eigenvalue weighted by Crippen LogP contribution is -2.25. The number of fused-ring (bicyclic) bond motifs is 1. The van der Waals surface area contributed by atoms with E-state index in [2.05, 4.69) is 59.2 Å². The summed E-state index contributed by atoms with van der Waals surface area (Å²) in [5, 5.41) is 5.04. The molecule has 1 atom stereocenters. The standard InChI is InChI=1S/C18H22N6/c1-18(2)11-24(10-14(18)12-7-5-4-6-8-12)17-21-15(19)13-9-20-23(3)16(13)22-17/h4-9,14H,10-11H2,1-3H3,(H2,19,21,22)/t14-/m0/s1. The van der Waals surface area contributed by atoms with Crippen LogP contribution in [0.2, 0.25) is 0 Å². The summed E-state index contributed by atoms with van der Waals surface area (Å²) in [4.78, 5) is 11.5. The first-order valence-electron chi connectivity index (χ1n) is 8.21. The van der Waals surface area contributed by atoms with Crippen molar-refractivity contribution in [1.29, 1.82) is 0 Å². The van der Waals surface area contributed by atoms with Crippen LogP contribution in [-0.4, -0.2) is 32.8 Å². The Morgan fingerprint density at radius 3 is 2.67 bits per heavy atom. The second kappa shape index (κ2) is 5.19. The van der Waals surface area contributed by atoms with Crippen molar-refractivity contribution in [3.8, 4) is 0 Å². The van der Waals surface area contributed by atoms with Gasteiger partial charge in [0, 0.05) is 26.1 Å². The largest absolute Gasteiger partial charge is 0.383 e. The Kier molecular flexibility index (Phi) is 3.23. The van der Waals surface area contributed by atoms with Gasteiger partial charge in [-0.25, -0.2) is 0 Å². The van der Waals surface area contributed by atoms with Gasteiger partial charge in [-0.2, -0.15) is 15.1 Å². The zero-order valence-electron chi connectivity index (χ0n) is 14.3. The van der Waals surface area contributed by atoms with E-state index in [-0.39, 0.29) is 5.41 Å².